The maximum atomic E-state index is 9.24. The van der Waals surface area contributed by atoms with Crippen molar-refractivity contribution in [2.24, 2.45) is 0 Å². The molecule has 6 heteroatoms. The summed E-state index contributed by atoms with van der Waals surface area (Å²) in [5.74, 6) is -2.10. The van der Waals surface area contributed by atoms with Gasteiger partial charge in [0.05, 0.1) is 11.4 Å². The van der Waals surface area contributed by atoms with E-state index in [4.69, 9.17) is 30.1 Å². The Hall–Kier alpha value is -2.40. The summed E-state index contributed by atoms with van der Waals surface area (Å²) < 4.78 is 53.8. The van der Waals surface area contributed by atoms with E-state index in [9.17, 15) is 1.37 Å². The fourth-order valence-corrected chi connectivity index (χ4v) is 3.35. The molecule has 2 aromatic heterocycles. The number of fused-ring (bicyclic) bond motifs is 2. The monoisotopic (exact) mass is 400 g/mol. The van der Waals surface area contributed by atoms with Crippen LogP contribution < -0.4 is 5.32 Å². The molecule has 4 aromatic rings. The van der Waals surface area contributed by atoms with Gasteiger partial charge in [-0.25, -0.2) is 9.50 Å². The maximum Gasteiger partial charge on any atom is 0.155 e. The second-order valence-electron chi connectivity index (χ2n) is 6.02. The topological polar surface area (TPSA) is 42.2 Å². The summed E-state index contributed by atoms with van der Waals surface area (Å²) in [6.45, 7) is -4.95. The Kier molecular flexibility index (Phi) is 2.82. The lowest BCUT2D eigenvalue weighted by Gasteiger charge is -2.27. The standard InChI is InChI=1S/C21H16Cl2N4/c22-19-5-2-14(8-20(19)23)18-10-24-9-16-7-13(1-4-17(16)18)15-3-6-21-25-12-26-27(21)11-15/h1-8,11-12,18,24H,9-10H2/i7D,9D2,10D2,18D. The molecule has 1 unspecified atom stereocenters. The third-order valence-electron chi connectivity index (χ3n) is 4.38. The fraction of sp³-hybridized carbons (Fsp3) is 0.143. The number of aromatic nitrogens is 3. The summed E-state index contributed by atoms with van der Waals surface area (Å²) in [7, 11) is 0. The van der Waals surface area contributed by atoms with E-state index in [2.05, 4.69) is 15.4 Å². The van der Waals surface area contributed by atoms with Crippen LogP contribution in [0.5, 0.6) is 0 Å². The van der Waals surface area contributed by atoms with E-state index in [-0.39, 0.29) is 32.8 Å². The zero-order valence-electron chi connectivity index (χ0n) is 19.8. The van der Waals surface area contributed by atoms with Crippen LogP contribution in [0.3, 0.4) is 0 Å². The van der Waals surface area contributed by atoms with Crippen LogP contribution in [0.2, 0.25) is 10.0 Å². The van der Waals surface area contributed by atoms with E-state index in [0.717, 1.165) is 0 Å². The molecule has 27 heavy (non-hydrogen) atoms. The summed E-state index contributed by atoms with van der Waals surface area (Å²) in [6, 6.07) is 10.8. The van der Waals surface area contributed by atoms with Gasteiger partial charge in [-0.2, -0.15) is 5.10 Å². The van der Waals surface area contributed by atoms with E-state index >= 15 is 0 Å². The minimum atomic E-state index is -2.53. The lowest BCUT2D eigenvalue weighted by molar-refractivity contribution is 0.591. The van der Waals surface area contributed by atoms with Gasteiger partial charge in [-0.05, 0) is 52.6 Å². The highest BCUT2D eigenvalue weighted by Crippen LogP contribution is 2.35. The number of halogens is 2. The summed E-state index contributed by atoms with van der Waals surface area (Å²) in [5.41, 5.74) is 1.74. The van der Waals surface area contributed by atoms with Crippen LogP contribution in [0.1, 0.15) is 30.8 Å². The smallest absolute Gasteiger partial charge is 0.155 e. The highest BCUT2D eigenvalue weighted by atomic mass is 35.5. The molecule has 0 saturated heterocycles. The molecule has 1 atom stereocenters. The van der Waals surface area contributed by atoms with Gasteiger partial charge in [0.25, 0.3) is 0 Å². The summed E-state index contributed by atoms with van der Waals surface area (Å²) in [4.78, 5) is 4.10. The Morgan fingerprint density at radius 2 is 2.04 bits per heavy atom. The zero-order valence-corrected chi connectivity index (χ0v) is 15.3. The van der Waals surface area contributed by atoms with Gasteiger partial charge in [-0.1, -0.05) is 41.4 Å². The van der Waals surface area contributed by atoms with Crippen LogP contribution >= 0.6 is 23.2 Å². The Morgan fingerprint density at radius 3 is 2.93 bits per heavy atom. The van der Waals surface area contributed by atoms with E-state index in [1.807, 2.05) is 0 Å². The quantitative estimate of drug-likeness (QED) is 0.518. The molecule has 1 aliphatic rings. The number of nitrogens with zero attached hydrogens (tertiary/aromatic N) is 3. The maximum absolute atomic E-state index is 9.24. The van der Waals surface area contributed by atoms with E-state index in [0.29, 0.717) is 16.8 Å². The van der Waals surface area contributed by atoms with E-state index in [1.54, 1.807) is 28.9 Å². The highest BCUT2D eigenvalue weighted by Gasteiger charge is 2.22. The predicted octanol–water partition coefficient (Wildman–Crippen LogP) is 4.94. The predicted molar refractivity (Wildman–Crippen MR) is 108 cm³/mol. The van der Waals surface area contributed by atoms with Crippen LogP contribution in [-0.2, 0) is 6.50 Å². The van der Waals surface area contributed by atoms with Crippen LogP contribution in [0.25, 0.3) is 16.8 Å². The third kappa shape index (κ3) is 3.00. The Balaban J connectivity index is 1.78. The molecular weight excluding hydrogens is 379 g/mol. The van der Waals surface area contributed by atoms with Gasteiger partial charge in [0.2, 0.25) is 0 Å². The molecule has 0 saturated carbocycles. The van der Waals surface area contributed by atoms with E-state index in [1.165, 1.54) is 30.6 Å². The van der Waals surface area contributed by atoms with Gasteiger partial charge in [0.1, 0.15) is 6.33 Å². The fourth-order valence-electron chi connectivity index (χ4n) is 3.05. The minimum Gasteiger partial charge on any atom is -0.312 e. The molecule has 0 spiro atoms. The van der Waals surface area contributed by atoms with Crippen molar-refractivity contribution in [2.75, 3.05) is 6.50 Å². The van der Waals surface area contributed by atoms with Crippen LogP contribution in [0, 0.1) is 0 Å². The Bertz CT molecular complexity index is 1420. The van der Waals surface area contributed by atoms with Crippen LogP contribution in [0.4, 0.5) is 0 Å². The second-order valence-corrected chi connectivity index (χ2v) is 6.83. The molecular formula is C21H16Cl2N4. The van der Waals surface area contributed by atoms with Crippen molar-refractivity contribution < 1.29 is 8.22 Å². The molecule has 5 rings (SSSR count). The molecule has 1 N–H and O–H groups in total. The number of benzene rings is 2. The van der Waals surface area contributed by atoms with Crippen molar-refractivity contribution in [1.82, 2.24) is 19.9 Å². The Labute approximate surface area is 175 Å². The molecule has 4 nitrogen and oxygen atoms in total. The average molecular weight is 401 g/mol. The van der Waals surface area contributed by atoms with Gasteiger partial charge < -0.3 is 5.32 Å². The third-order valence-corrected chi connectivity index (χ3v) is 5.12. The number of nitrogens with one attached hydrogen (secondary N) is 1. The molecule has 134 valence electrons. The number of hydrogen-bond acceptors (Lipinski definition) is 3. The molecule has 2 aromatic carbocycles. The summed E-state index contributed by atoms with van der Waals surface area (Å²) >= 11 is 12.2. The van der Waals surface area contributed by atoms with Crippen molar-refractivity contribution in [1.29, 1.82) is 0 Å². The van der Waals surface area contributed by atoms with Crippen LogP contribution in [0.15, 0.2) is 61.0 Å². The first-order chi connectivity index (χ1) is 15.5. The second kappa shape index (κ2) is 6.64. The zero-order chi connectivity index (χ0) is 23.8. The lowest BCUT2D eigenvalue weighted by atomic mass is 9.84. The first kappa shape index (κ1) is 11.4. The average Bonchev–Trinajstić information content (AvgIpc) is 3.21. The Morgan fingerprint density at radius 1 is 1.15 bits per heavy atom. The molecule has 0 aliphatic carbocycles. The first-order valence-corrected chi connectivity index (χ1v) is 8.90. The molecule has 3 heterocycles. The molecule has 0 amide bonds. The molecule has 1 aliphatic heterocycles. The lowest BCUT2D eigenvalue weighted by Crippen LogP contribution is -2.28. The van der Waals surface area contributed by atoms with Gasteiger partial charge in [0, 0.05) is 37.5 Å². The summed E-state index contributed by atoms with van der Waals surface area (Å²) in [6.07, 6.45) is 3.09. The summed E-state index contributed by atoms with van der Waals surface area (Å²) in [5, 5.41) is 6.82. The van der Waals surface area contributed by atoms with Crippen molar-refractivity contribution >= 4 is 28.8 Å². The highest BCUT2D eigenvalue weighted by molar-refractivity contribution is 6.42. The largest absolute Gasteiger partial charge is 0.312 e. The van der Waals surface area contributed by atoms with Crippen molar-refractivity contribution in [2.45, 2.75) is 12.4 Å². The first-order valence-electron chi connectivity index (χ1n) is 11.1. The van der Waals surface area contributed by atoms with Crippen LogP contribution in [-0.4, -0.2) is 21.1 Å². The molecule has 0 bridgehead atoms. The normalized spacial score (nSPS) is 26.1. The molecule has 0 fully saturated rings. The SMILES string of the molecule is [2H]c1c(-c2ccc3ncnn3c2)ccc2c1C([2H])([2H])NC([2H])([2H])C2([2H])c1ccc(Cl)c(Cl)c1. The number of hydrogen-bond donors (Lipinski definition) is 1. The van der Waals surface area contributed by atoms with Gasteiger partial charge >= 0.3 is 0 Å². The molecule has 0 radical (unpaired) electrons. The number of rotatable bonds is 2. The van der Waals surface area contributed by atoms with Crippen molar-refractivity contribution in [3.05, 3.63) is 87.8 Å². The number of pyridine rings is 1. The van der Waals surface area contributed by atoms with Gasteiger partial charge in [0.15, 0.2) is 5.65 Å². The van der Waals surface area contributed by atoms with Gasteiger partial charge in [-0.3, -0.25) is 0 Å². The van der Waals surface area contributed by atoms with Crippen molar-refractivity contribution in [3.63, 3.8) is 0 Å². The van der Waals surface area contributed by atoms with E-state index < -0.39 is 18.9 Å². The minimum absolute atomic E-state index is 0.0326. The van der Waals surface area contributed by atoms with Gasteiger partial charge in [-0.15, -0.1) is 0 Å². The van der Waals surface area contributed by atoms with Crippen molar-refractivity contribution in [3.8, 4) is 11.1 Å².